The summed E-state index contributed by atoms with van der Waals surface area (Å²) >= 11 is 6.06. The lowest BCUT2D eigenvalue weighted by molar-refractivity contribution is 0.219. The van der Waals surface area contributed by atoms with Crippen LogP contribution in [0.1, 0.15) is 31.7 Å². The van der Waals surface area contributed by atoms with E-state index in [0.29, 0.717) is 6.04 Å². The average molecular weight is 280 g/mol. The van der Waals surface area contributed by atoms with Gasteiger partial charge in [0.25, 0.3) is 0 Å². The predicted octanol–water partition coefficient (Wildman–Crippen LogP) is 3.95. The fourth-order valence-corrected chi connectivity index (χ4v) is 2.61. The minimum Gasteiger partial charge on any atom is -0.501 e. The summed E-state index contributed by atoms with van der Waals surface area (Å²) in [5, 5.41) is 4.42. The van der Waals surface area contributed by atoms with Gasteiger partial charge in [0.05, 0.1) is 12.9 Å². The summed E-state index contributed by atoms with van der Waals surface area (Å²) in [7, 11) is 0. The molecule has 0 spiro atoms. The van der Waals surface area contributed by atoms with Crippen LogP contribution < -0.4 is 5.32 Å². The second kappa shape index (κ2) is 7.56. The van der Waals surface area contributed by atoms with E-state index in [9.17, 15) is 0 Å². The van der Waals surface area contributed by atoms with Crippen LogP contribution in [0.2, 0.25) is 5.02 Å². The lowest BCUT2D eigenvalue weighted by Gasteiger charge is -2.24. The van der Waals surface area contributed by atoms with Gasteiger partial charge in [-0.1, -0.05) is 30.7 Å². The number of nitrogens with one attached hydrogen (secondary N) is 1. The summed E-state index contributed by atoms with van der Waals surface area (Å²) < 4.78 is 5.48. The van der Waals surface area contributed by atoms with Crippen LogP contribution in [0.3, 0.4) is 0 Å². The van der Waals surface area contributed by atoms with E-state index >= 15 is 0 Å². The molecule has 0 saturated carbocycles. The van der Waals surface area contributed by atoms with Crippen molar-refractivity contribution in [1.29, 1.82) is 0 Å². The molecule has 0 amide bonds. The standard InChI is InChI=1S/C16H22ClNO/c1-2-8-18-16(14-6-4-9-19-12-14)11-13-5-3-7-15(17)10-13/h3,5,7,10,12,16,18H,2,4,6,8-9,11H2,1H3. The molecule has 1 unspecified atom stereocenters. The maximum absolute atomic E-state index is 6.06. The Bertz CT molecular complexity index is 431. The second-order valence-electron chi connectivity index (χ2n) is 5.01. The molecule has 1 aliphatic heterocycles. The maximum Gasteiger partial charge on any atom is 0.0876 e. The van der Waals surface area contributed by atoms with E-state index in [1.54, 1.807) is 0 Å². The number of ether oxygens (including phenoxy) is 1. The lowest BCUT2D eigenvalue weighted by Crippen LogP contribution is -2.34. The average Bonchev–Trinajstić information content (AvgIpc) is 2.44. The van der Waals surface area contributed by atoms with Gasteiger partial charge in [0.15, 0.2) is 0 Å². The minimum atomic E-state index is 0.360. The van der Waals surface area contributed by atoms with Crippen LogP contribution in [0.25, 0.3) is 0 Å². The lowest BCUT2D eigenvalue weighted by atomic mass is 9.95. The zero-order valence-electron chi connectivity index (χ0n) is 11.5. The molecule has 0 bridgehead atoms. The van der Waals surface area contributed by atoms with E-state index in [1.807, 2.05) is 24.5 Å². The first kappa shape index (κ1) is 14.4. The first-order chi connectivity index (χ1) is 9.29. The van der Waals surface area contributed by atoms with Crippen molar-refractivity contribution in [2.75, 3.05) is 13.2 Å². The molecule has 0 aliphatic carbocycles. The Morgan fingerprint density at radius 2 is 2.32 bits per heavy atom. The Kier molecular flexibility index (Phi) is 5.74. The number of rotatable bonds is 6. The highest BCUT2D eigenvalue weighted by atomic mass is 35.5. The SMILES string of the molecule is CCCNC(Cc1cccc(Cl)c1)C1=COCCC1. The number of hydrogen-bond acceptors (Lipinski definition) is 2. The first-order valence-corrected chi connectivity index (χ1v) is 7.45. The molecule has 19 heavy (non-hydrogen) atoms. The molecule has 0 aromatic heterocycles. The van der Waals surface area contributed by atoms with Gasteiger partial charge >= 0.3 is 0 Å². The van der Waals surface area contributed by atoms with E-state index in [4.69, 9.17) is 16.3 Å². The summed E-state index contributed by atoms with van der Waals surface area (Å²) in [6.45, 7) is 4.07. The van der Waals surface area contributed by atoms with E-state index in [2.05, 4.69) is 18.3 Å². The first-order valence-electron chi connectivity index (χ1n) is 7.08. The van der Waals surface area contributed by atoms with Gasteiger partial charge in [0.2, 0.25) is 0 Å². The zero-order chi connectivity index (χ0) is 13.5. The van der Waals surface area contributed by atoms with Gasteiger partial charge in [-0.05, 0) is 55.5 Å². The van der Waals surface area contributed by atoms with Crippen molar-refractivity contribution in [2.45, 2.75) is 38.6 Å². The van der Waals surface area contributed by atoms with Crippen molar-refractivity contribution >= 4 is 11.6 Å². The van der Waals surface area contributed by atoms with Crippen molar-refractivity contribution in [2.24, 2.45) is 0 Å². The summed E-state index contributed by atoms with van der Waals surface area (Å²) in [6.07, 6.45) is 6.30. The van der Waals surface area contributed by atoms with Crippen molar-refractivity contribution in [3.8, 4) is 0 Å². The highest BCUT2D eigenvalue weighted by molar-refractivity contribution is 6.30. The molecule has 1 heterocycles. The largest absolute Gasteiger partial charge is 0.501 e. The van der Waals surface area contributed by atoms with Crippen LogP contribution in [0.5, 0.6) is 0 Å². The Balaban J connectivity index is 2.06. The van der Waals surface area contributed by atoms with Gasteiger partial charge in [-0.3, -0.25) is 0 Å². The monoisotopic (exact) mass is 279 g/mol. The van der Waals surface area contributed by atoms with Crippen LogP contribution in [0, 0.1) is 0 Å². The van der Waals surface area contributed by atoms with Crippen LogP contribution in [-0.2, 0) is 11.2 Å². The van der Waals surface area contributed by atoms with E-state index in [1.165, 1.54) is 11.1 Å². The summed E-state index contributed by atoms with van der Waals surface area (Å²) in [4.78, 5) is 0. The van der Waals surface area contributed by atoms with Crippen LogP contribution in [-0.4, -0.2) is 19.2 Å². The normalized spacial score (nSPS) is 16.6. The summed E-state index contributed by atoms with van der Waals surface area (Å²) in [6, 6.07) is 8.48. The van der Waals surface area contributed by atoms with Crippen molar-refractivity contribution in [3.05, 3.63) is 46.7 Å². The Labute approximate surface area is 120 Å². The van der Waals surface area contributed by atoms with Crippen LogP contribution >= 0.6 is 11.6 Å². The van der Waals surface area contributed by atoms with Gasteiger partial charge in [0.1, 0.15) is 0 Å². The highest BCUT2D eigenvalue weighted by Gasteiger charge is 2.17. The molecule has 2 nitrogen and oxygen atoms in total. The van der Waals surface area contributed by atoms with Crippen LogP contribution in [0.4, 0.5) is 0 Å². The van der Waals surface area contributed by atoms with E-state index < -0.39 is 0 Å². The Morgan fingerprint density at radius 1 is 1.42 bits per heavy atom. The number of benzene rings is 1. The van der Waals surface area contributed by atoms with Gasteiger partial charge in [-0.2, -0.15) is 0 Å². The third-order valence-corrected chi connectivity index (χ3v) is 3.61. The van der Waals surface area contributed by atoms with Gasteiger partial charge in [0, 0.05) is 11.1 Å². The molecule has 104 valence electrons. The second-order valence-corrected chi connectivity index (χ2v) is 5.44. The number of halogens is 1. The molecule has 0 fully saturated rings. The van der Waals surface area contributed by atoms with Crippen LogP contribution in [0.15, 0.2) is 36.1 Å². The third-order valence-electron chi connectivity index (χ3n) is 3.38. The molecule has 2 rings (SSSR count). The topological polar surface area (TPSA) is 21.3 Å². The molecular formula is C16H22ClNO. The summed E-state index contributed by atoms with van der Waals surface area (Å²) in [5.74, 6) is 0. The quantitative estimate of drug-likeness (QED) is 0.851. The Hall–Kier alpha value is -0.990. The minimum absolute atomic E-state index is 0.360. The van der Waals surface area contributed by atoms with Gasteiger partial charge < -0.3 is 10.1 Å². The van der Waals surface area contributed by atoms with E-state index in [-0.39, 0.29) is 0 Å². The Morgan fingerprint density at radius 3 is 3.00 bits per heavy atom. The van der Waals surface area contributed by atoms with Crippen molar-refractivity contribution in [3.63, 3.8) is 0 Å². The molecule has 1 N–H and O–H groups in total. The molecule has 1 aromatic rings. The smallest absolute Gasteiger partial charge is 0.0876 e. The molecule has 1 atom stereocenters. The zero-order valence-corrected chi connectivity index (χ0v) is 12.2. The molecule has 1 aliphatic rings. The van der Waals surface area contributed by atoms with Crippen molar-refractivity contribution < 1.29 is 4.74 Å². The predicted molar refractivity (Wildman–Crippen MR) is 80.5 cm³/mol. The fraction of sp³-hybridized carbons (Fsp3) is 0.500. The highest BCUT2D eigenvalue weighted by Crippen LogP contribution is 2.20. The fourth-order valence-electron chi connectivity index (χ4n) is 2.39. The molecular weight excluding hydrogens is 258 g/mol. The molecule has 3 heteroatoms. The third kappa shape index (κ3) is 4.55. The van der Waals surface area contributed by atoms with Crippen molar-refractivity contribution in [1.82, 2.24) is 5.32 Å². The molecule has 0 radical (unpaired) electrons. The maximum atomic E-state index is 6.06. The van der Waals surface area contributed by atoms with Gasteiger partial charge in [-0.25, -0.2) is 0 Å². The van der Waals surface area contributed by atoms with E-state index in [0.717, 1.165) is 43.9 Å². The molecule has 0 saturated heterocycles. The molecule has 1 aromatic carbocycles. The summed E-state index contributed by atoms with van der Waals surface area (Å²) in [5.41, 5.74) is 2.65. The van der Waals surface area contributed by atoms with Gasteiger partial charge in [-0.15, -0.1) is 0 Å². The number of hydrogen-bond donors (Lipinski definition) is 1.